The Balaban J connectivity index is 1.16. The van der Waals surface area contributed by atoms with E-state index in [1.807, 2.05) is 12.1 Å². The standard InChI is InChI=1S/C27H27FN4O4/c28-18-10-19(22-14-32(27(36)21(22)11-18)23-3-4-24(33)30-26(23)35)16-5-7-31(8-6-16)13-15-1-2-17-12-29-25(34)20(17)9-15/h1-2,9-11,16,23H,3-8,12-14H2,(H,29,34)(H,30,33,35). The molecule has 6 rings (SSSR count). The monoisotopic (exact) mass is 490 g/mol. The van der Waals surface area contributed by atoms with Gasteiger partial charge in [-0.15, -0.1) is 0 Å². The topological polar surface area (TPSA) is 98.8 Å². The van der Waals surface area contributed by atoms with E-state index in [2.05, 4.69) is 21.6 Å². The van der Waals surface area contributed by atoms with Crippen LogP contribution in [0.25, 0.3) is 0 Å². The number of piperidine rings is 2. The number of nitrogens with one attached hydrogen (secondary N) is 2. The molecule has 9 heteroatoms. The van der Waals surface area contributed by atoms with Gasteiger partial charge in [-0.25, -0.2) is 4.39 Å². The summed E-state index contributed by atoms with van der Waals surface area (Å²) < 4.78 is 14.6. The van der Waals surface area contributed by atoms with Gasteiger partial charge in [-0.05, 0) is 78.7 Å². The molecule has 2 aromatic rings. The van der Waals surface area contributed by atoms with Crippen molar-refractivity contribution in [1.29, 1.82) is 0 Å². The summed E-state index contributed by atoms with van der Waals surface area (Å²) in [5.74, 6) is -1.49. The van der Waals surface area contributed by atoms with Crippen molar-refractivity contribution in [2.24, 2.45) is 0 Å². The zero-order chi connectivity index (χ0) is 25.0. The van der Waals surface area contributed by atoms with Crippen molar-refractivity contribution in [3.63, 3.8) is 0 Å². The Bertz CT molecular complexity index is 1300. The van der Waals surface area contributed by atoms with Crippen LogP contribution in [0.5, 0.6) is 0 Å². The predicted octanol–water partition coefficient (Wildman–Crippen LogP) is 2.21. The van der Waals surface area contributed by atoms with E-state index >= 15 is 0 Å². The Labute approximate surface area is 207 Å². The van der Waals surface area contributed by atoms with Crippen LogP contribution in [0.3, 0.4) is 0 Å². The normalized spacial score (nSPS) is 22.5. The molecule has 0 aliphatic carbocycles. The van der Waals surface area contributed by atoms with Crippen molar-refractivity contribution in [2.75, 3.05) is 13.1 Å². The zero-order valence-electron chi connectivity index (χ0n) is 19.8. The van der Waals surface area contributed by atoms with Gasteiger partial charge in [-0.1, -0.05) is 12.1 Å². The molecule has 2 N–H and O–H groups in total. The van der Waals surface area contributed by atoms with Crippen LogP contribution in [0.1, 0.15) is 74.6 Å². The van der Waals surface area contributed by atoms with Crippen molar-refractivity contribution in [3.05, 3.63) is 69.5 Å². The molecule has 1 atom stereocenters. The highest BCUT2D eigenvalue weighted by atomic mass is 19.1. The number of benzene rings is 2. The summed E-state index contributed by atoms with van der Waals surface area (Å²) in [7, 11) is 0. The molecule has 0 bridgehead atoms. The van der Waals surface area contributed by atoms with Crippen molar-refractivity contribution in [1.82, 2.24) is 20.4 Å². The minimum absolute atomic E-state index is 0.0218. The van der Waals surface area contributed by atoms with E-state index < -0.39 is 17.8 Å². The van der Waals surface area contributed by atoms with E-state index in [-0.39, 0.29) is 43.0 Å². The van der Waals surface area contributed by atoms with Crippen LogP contribution in [-0.2, 0) is 29.2 Å². The highest BCUT2D eigenvalue weighted by Crippen LogP contribution is 2.38. The summed E-state index contributed by atoms with van der Waals surface area (Å²) in [4.78, 5) is 52.9. The minimum atomic E-state index is -0.713. The van der Waals surface area contributed by atoms with Crippen LogP contribution in [-0.4, -0.2) is 52.6 Å². The number of carbonyl (C=O) groups is 4. The fourth-order valence-electron chi connectivity index (χ4n) is 6.04. The Morgan fingerprint density at radius 3 is 2.56 bits per heavy atom. The van der Waals surface area contributed by atoms with Gasteiger partial charge in [0.05, 0.1) is 0 Å². The molecule has 186 valence electrons. The van der Waals surface area contributed by atoms with Gasteiger partial charge in [0.25, 0.3) is 11.8 Å². The number of hydrogen-bond donors (Lipinski definition) is 2. The van der Waals surface area contributed by atoms with Crippen molar-refractivity contribution >= 4 is 23.6 Å². The van der Waals surface area contributed by atoms with Crippen molar-refractivity contribution in [2.45, 2.75) is 57.3 Å². The second-order valence-corrected chi connectivity index (χ2v) is 10.1. The van der Waals surface area contributed by atoms with Crippen LogP contribution in [0.15, 0.2) is 30.3 Å². The fourth-order valence-corrected chi connectivity index (χ4v) is 6.04. The first kappa shape index (κ1) is 22.8. The van der Waals surface area contributed by atoms with Gasteiger partial charge in [0.15, 0.2) is 0 Å². The Hall–Kier alpha value is -3.59. The van der Waals surface area contributed by atoms with E-state index in [9.17, 15) is 23.6 Å². The van der Waals surface area contributed by atoms with Gasteiger partial charge in [0.1, 0.15) is 11.9 Å². The molecule has 0 saturated carbocycles. The highest BCUT2D eigenvalue weighted by Gasteiger charge is 2.41. The minimum Gasteiger partial charge on any atom is -0.348 e. The number of rotatable bonds is 4. The fraction of sp³-hybridized carbons (Fsp3) is 0.407. The Kier molecular flexibility index (Phi) is 5.59. The number of fused-ring (bicyclic) bond motifs is 2. The van der Waals surface area contributed by atoms with Gasteiger partial charge in [-0.3, -0.25) is 29.4 Å². The third-order valence-corrected chi connectivity index (χ3v) is 7.95. The second-order valence-electron chi connectivity index (χ2n) is 10.1. The molecule has 2 saturated heterocycles. The first-order valence-electron chi connectivity index (χ1n) is 12.5. The summed E-state index contributed by atoms with van der Waals surface area (Å²) in [5, 5.41) is 5.16. The molecule has 2 fully saturated rings. The van der Waals surface area contributed by atoms with Gasteiger partial charge >= 0.3 is 0 Å². The third kappa shape index (κ3) is 3.97. The number of imide groups is 1. The highest BCUT2D eigenvalue weighted by molar-refractivity contribution is 6.05. The summed E-state index contributed by atoms with van der Waals surface area (Å²) >= 11 is 0. The van der Waals surface area contributed by atoms with E-state index in [0.717, 1.165) is 60.3 Å². The summed E-state index contributed by atoms with van der Waals surface area (Å²) in [6, 6.07) is 8.15. The molecule has 0 spiro atoms. The molecule has 2 aromatic carbocycles. The molecule has 0 radical (unpaired) electrons. The third-order valence-electron chi connectivity index (χ3n) is 7.95. The first-order chi connectivity index (χ1) is 17.4. The summed E-state index contributed by atoms with van der Waals surface area (Å²) in [5.41, 5.74) is 4.86. The van der Waals surface area contributed by atoms with Crippen LogP contribution < -0.4 is 10.6 Å². The quantitative estimate of drug-likeness (QED) is 0.641. The lowest BCUT2D eigenvalue weighted by atomic mass is 9.85. The van der Waals surface area contributed by atoms with Crippen molar-refractivity contribution < 1.29 is 23.6 Å². The van der Waals surface area contributed by atoms with Gasteiger partial charge < -0.3 is 10.2 Å². The number of amides is 4. The van der Waals surface area contributed by atoms with E-state index in [1.54, 1.807) is 6.07 Å². The number of likely N-dealkylation sites (tertiary alicyclic amines) is 1. The van der Waals surface area contributed by atoms with Gasteiger partial charge in [0, 0.05) is 37.2 Å². The molecular weight excluding hydrogens is 463 g/mol. The van der Waals surface area contributed by atoms with Crippen LogP contribution >= 0.6 is 0 Å². The number of nitrogens with zero attached hydrogens (tertiary/aromatic N) is 2. The van der Waals surface area contributed by atoms with Crippen molar-refractivity contribution in [3.8, 4) is 0 Å². The van der Waals surface area contributed by atoms with Crippen LogP contribution in [0.4, 0.5) is 4.39 Å². The van der Waals surface area contributed by atoms with Gasteiger partial charge in [0.2, 0.25) is 11.8 Å². The Morgan fingerprint density at radius 1 is 0.972 bits per heavy atom. The molecule has 4 amide bonds. The smallest absolute Gasteiger partial charge is 0.255 e. The number of hydrogen-bond acceptors (Lipinski definition) is 5. The largest absolute Gasteiger partial charge is 0.348 e. The molecule has 1 unspecified atom stereocenters. The lowest BCUT2D eigenvalue weighted by molar-refractivity contribution is -0.136. The SMILES string of the molecule is O=C1CCC(N2Cc3c(cc(F)cc3C3CCN(Cc4ccc5c(c4)C(=O)NC5)CC3)C2=O)C(=O)N1. The van der Waals surface area contributed by atoms with Crippen LogP contribution in [0, 0.1) is 5.82 Å². The molecule has 0 aromatic heterocycles. The molecule has 4 aliphatic heterocycles. The molecule has 4 heterocycles. The summed E-state index contributed by atoms with van der Waals surface area (Å²) in [6.07, 6.45) is 2.12. The molecule has 8 nitrogen and oxygen atoms in total. The number of halogens is 1. The van der Waals surface area contributed by atoms with E-state index in [0.29, 0.717) is 12.1 Å². The zero-order valence-corrected chi connectivity index (χ0v) is 19.8. The molecule has 36 heavy (non-hydrogen) atoms. The molecule has 4 aliphatic rings. The maximum atomic E-state index is 14.6. The first-order valence-corrected chi connectivity index (χ1v) is 12.5. The maximum absolute atomic E-state index is 14.6. The van der Waals surface area contributed by atoms with Crippen LogP contribution in [0.2, 0.25) is 0 Å². The lowest BCUT2D eigenvalue weighted by Gasteiger charge is -2.33. The number of carbonyl (C=O) groups excluding carboxylic acids is 4. The second kappa shape index (κ2) is 8.81. The molecular formula is C27H27FN4O4. The van der Waals surface area contributed by atoms with E-state index in [1.165, 1.54) is 11.0 Å². The Morgan fingerprint density at radius 2 is 1.78 bits per heavy atom. The lowest BCUT2D eigenvalue weighted by Crippen LogP contribution is -2.52. The van der Waals surface area contributed by atoms with Gasteiger partial charge in [-0.2, -0.15) is 0 Å². The summed E-state index contributed by atoms with van der Waals surface area (Å²) in [6.45, 7) is 3.24. The average Bonchev–Trinajstić information content (AvgIpc) is 3.39. The predicted molar refractivity (Wildman–Crippen MR) is 127 cm³/mol. The average molecular weight is 491 g/mol. The maximum Gasteiger partial charge on any atom is 0.255 e. The van der Waals surface area contributed by atoms with E-state index in [4.69, 9.17) is 0 Å².